The molecule has 1 aliphatic heterocycles. The predicted molar refractivity (Wildman–Crippen MR) is 142 cm³/mol. The van der Waals surface area contributed by atoms with Crippen LogP contribution in [0, 0.1) is 5.82 Å². The molecule has 1 saturated heterocycles. The van der Waals surface area contributed by atoms with Crippen LogP contribution >= 0.6 is 0 Å². The Morgan fingerprint density at radius 1 is 1.08 bits per heavy atom. The zero-order valence-electron chi connectivity index (χ0n) is 20.9. The van der Waals surface area contributed by atoms with E-state index in [4.69, 9.17) is 5.73 Å². The Bertz CT molecular complexity index is 1440. The third-order valence-electron chi connectivity index (χ3n) is 7.32. The summed E-state index contributed by atoms with van der Waals surface area (Å²) in [6, 6.07) is 12.1. The van der Waals surface area contributed by atoms with E-state index in [1.807, 2.05) is 36.3 Å². The van der Waals surface area contributed by atoms with Gasteiger partial charge in [0.05, 0.1) is 17.2 Å². The van der Waals surface area contributed by atoms with Gasteiger partial charge in [-0.15, -0.1) is 0 Å². The molecule has 2 aromatic heterocycles. The SMILES string of the molecule is CN(C(=O)CCCCn1ccc2ccc(C(N)=O)cc21)C1CCN(c2cnc3cc(F)ccc3n2)CC1. The van der Waals surface area contributed by atoms with Crippen molar-refractivity contribution in [3.63, 3.8) is 0 Å². The van der Waals surface area contributed by atoms with E-state index in [0.717, 1.165) is 62.0 Å². The number of unbranched alkanes of at least 4 members (excludes halogenated alkanes) is 1. The smallest absolute Gasteiger partial charge is 0.248 e. The van der Waals surface area contributed by atoms with Crippen LogP contribution in [0.2, 0.25) is 0 Å². The molecule has 0 spiro atoms. The molecule has 0 aliphatic carbocycles. The van der Waals surface area contributed by atoms with Crippen molar-refractivity contribution in [3.05, 3.63) is 66.2 Å². The number of primary amides is 1. The lowest BCUT2D eigenvalue weighted by molar-refractivity contribution is -0.132. The zero-order chi connectivity index (χ0) is 25.9. The van der Waals surface area contributed by atoms with Gasteiger partial charge >= 0.3 is 0 Å². The van der Waals surface area contributed by atoms with Gasteiger partial charge in [-0.1, -0.05) is 6.07 Å². The molecule has 0 atom stereocenters. The van der Waals surface area contributed by atoms with E-state index in [0.29, 0.717) is 23.0 Å². The van der Waals surface area contributed by atoms with Crippen molar-refractivity contribution in [1.29, 1.82) is 0 Å². The zero-order valence-corrected chi connectivity index (χ0v) is 20.9. The fourth-order valence-electron chi connectivity index (χ4n) is 5.08. The summed E-state index contributed by atoms with van der Waals surface area (Å²) in [5.74, 6) is 0.197. The van der Waals surface area contributed by atoms with Gasteiger partial charge in [0, 0.05) is 62.5 Å². The van der Waals surface area contributed by atoms with Gasteiger partial charge in [-0.05, 0) is 61.4 Å². The minimum absolute atomic E-state index is 0.166. The highest BCUT2D eigenvalue weighted by atomic mass is 19.1. The van der Waals surface area contributed by atoms with Crippen LogP contribution in [0.4, 0.5) is 10.2 Å². The van der Waals surface area contributed by atoms with E-state index in [1.165, 1.54) is 12.1 Å². The molecule has 37 heavy (non-hydrogen) atoms. The van der Waals surface area contributed by atoms with Gasteiger partial charge in [-0.3, -0.25) is 14.6 Å². The van der Waals surface area contributed by atoms with Gasteiger partial charge in [-0.25, -0.2) is 9.37 Å². The summed E-state index contributed by atoms with van der Waals surface area (Å²) in [6.07, 6.45) is 7.60. The Kier molecular flexibility index (Phi) is 7.03. The van der Waals surface area contributed by atoms with Crippen molar-refractivity contribution in [2.45, 2.75) is 44.7 Å². The number of nitrogens with zero attached hydrogens (tertiary/aromatic N) is 5. The van der Waals surface area contributed by atoms with Crippen LogP contribution in [0.1, 0.15) is 42.5 Å². The summed E-state index contributed by atoms with van der Waals surface area (Å²) in [4.78, 5) is 37.4. The lowest BCUT2D eigenvalue weighted by Crippen LogP contribution is -2.45. The number of benzene rings is 2. The number of anilines is 1. The van der Waals surface area contributed by atoms with Crippen molar-refractivity contribution < 1.29 is 14.0 Å². The molecule has 1 fully saturated rings. The topological polar surface area (TPSA) is 97.4 Å². The summed E-state index contributed by atoms with van der Waals surface area (Å²) in [5.41, 5.74) is 8.12. The first-order valence-corrected chi connectivity index (χ1v) is 12.7. The first-order chi connectivity index (χ1) is 17.9. The second kappa shape index (κ2) is 10.5. The van der Waals surface area contributed by atoms with Crippen molar-refractivity contribution in [3.8, 4) is 0 Å². The molecule has 2 aromatic carbocycles. The number of fused-ring (bicyclic) bond motifs is 2. The Balaban J connectivity index is 1.09. The molecule has 192 valence electrons. The molecule has 0 bridgehead atoms. The van der Waals surface area contributed by atoms with Gasteiger partial charge in [-0.2, -0.15) is 0 Å². The van der Waals surface area contributed by atoms with E-state index >= 15 is 0 Å². The fourth-order valence-corrected chi connectivity index (χ4v) is 5.08. The molecular formula is C28H31FN6O2. The van der Waals surface area contributed by atoms with Crippen LogP contribution in [-0.2, 0) is 11.3 Å². The second-order valence-corrected chi connectivity index (χ2v) is 9.69. The Morgan fingerprint density at radius 3 is 2.68 bits per heavy atom. The summed E-state index contributed by atoms with van der Waals surface area (Å²) in [5, 5.41) is 1.07. The fraction of sp³-hybridized carbons (Fsp3) is 0.357. The highest BCUT2D eigenvalue weighted by Gasteiger charge is 2.26. The van der Waals surface area contributed by atoms with E-state index in [2.05, 4.69) is 19.4 Å². The van der Waals surface area contributed by atoms with Crippen LogP contribution in [0.3, 0.4) is 0 Å². The van der Waals surface area contributed by atoms with E-state index in [-0.39, 0.29) is 17.8 Å². The molecule has 5 rings (SSSR count). The highest BCUT2D eigenvalue weighted by molar-refractivity contribution is 5.97. The first kappa shape index (κ1) is 24.7. The Morgan fingerprint density at radius 2 is 1.89 bits per heavy atom. The maximum Gasteiger partial charge on any atom is 0.248 e. The summed E-state index contributed by atoms with van der Waals surface area (Å²) >= 11 is 0. The lowest BCUT2D eigenvalue weighted by Gasteiger charge is -2.37. The summed E-state index contributed by atoms with van der Waals surface area (Å²) in [6.45, 7) is 2.36. The largest absolute Gasteiger partial charge is 0.366 e. The van der Waals surface area contributed by atoms with Crippen molar-refractivity contribution in [1.82, 2.24) is 19.4 Å². The number of halogens is 1. The molecule has 4 aromatic rings. The van der Waals surface area contributed by atoms with Crippen LogP contribution in [-0.4, -0.2) is 57.4 Å². The molecule has 0 unspecified atom stereocenters. The molecule has 9 heteroatoms. The summed E-state index contributed by atoms with van der Waals surface area (Å²) in [7, 11) is 1.90. The van der Waals surface area contributed by atoms with Crippen molar-refractivity contribution in [2.24, 2.45) is 5.73 Å². The number of aryl methyl sites for hydroxylation is 1. The number of hydrogen-bond donors (Lipinski definition) is 1. The van der Waals surface area contributed by atoms with Gasteiger partial charge in [0.25, 0.3) is 0 Å². The molecule has 0 radical (unpaired) electrons. The van der Waals surface area contributed by atoms with Gasteiger partial charge < -0.3 is 20.1 Å². The average molecular weight is 503 g/mol. The number of rotatable bonds is 8. The number of carbonyl (C=O) groups is 2. The molecule has 3 heterocycles. The van der Waals surface area contributed by atoms with Gasteiger partial charge in [0.1, 0.15) is 11.6 Å². The standard InChI is InChI=1S/C28H31FN6O2/c1-33(22-10-14-35(15-11-22)26-18-31-24-17-21(29)7-8-23(24)32-26)27(36)4-2-3-12-34-13-9-19-5-6-20(28(30)37)16-25(19)34/h5-9,13,16-18,22H,2-4,10-12,14-15H2,1H3,(H2,30,37). The van der Waals surface area contributed by atoms with Crippen molar-refractivity contribution in [2.75, 3.05) is 25.0 Å². The molecule has 0 saturated carbocycles. The van der Waals surface area contributed by atoms with E-state index < -0.39 is 5.91 Å². The Labute approximate surface area is 214 Å². The number of aromatic nitrogens is 3. The normalized spacial score (nSPS) is 14.4. The second-order valence-electron chi connectivity index (χ2n) is 9.69. The van der Waals surface area contributed by atoms with E-state index in [1.54, 1.807) is 18.3 Å². The van der Waals surface area contributed by atoms with Crippen molar-refractivity contribution >= 4 is 39.6 Å². The van der Waals surface area contributed by atoms with Gasteiger partial charge in [0.2, 0.25) is 11.8 Å². The number of nitrogens with two attached hydrogens (primary N) is 1. The minimum atomic E-state index is -0.434. The maximum atomic E-state index is 13.4. The predicted octanol–water partition coefficient (Wildman–Crippen LogP) is 4.12. The van der Waals surface area contributed by atoms with Crippen LogP contribution in [0.5, 0.6) is 0 Å². The van der Waals surface area contributed by atoms with Crippen LogP contribution in [0.25, 0.3) is 21.9 Å². The number of amides is 2. The third kappa shape index (κ3) is 5.40. The van der Waals surface area contributed by atoms with Crippen LogP contribution in [0.15, 0.2) is 54.9 Å². The molecule has 2 N–H and O–H groups in total. The maximum absolute atomic E-state index is 13.4. The van der Waals surface area contributed by atoms with Crippen LogP contribution < -0.4 is 10.6 Å². The number of hydrogen-bond acceptors (Lipinski definition) is 5. The third-order valence-corrected chi connectivity index (χ3v) is 7.32. The highest BCUT2D eigenvalue weighted by Crippen LogP contribution is 2.23. The minimum Gasteiger partial charge on any atom is -0.366 e. The molecule has 2 amide bonds. The number of piperidine rings is 1. The Hall–Kier alpha value is -4.01. The van der Waals surface area contributed by atoms with Gasteiger partial charge in [0.15, 0.2) is 0 Å². The monoisotopic (exact) mass is 502 g/mol. The molecular weight excluding hydrogens is 471 g/mol. The quantitative estimate of drug-likeness (QED) is 0.366. The van der Waals surface area contributed by atoms with E-state index in [9.17, 15) is 14.0 Å². The number of carbonyl (C=O) groups excluding carboxylic acids is 2. The average Bonchev–Trinajstić information content (AvgIpc) is 3.32. The lowest BCUT2D eigenvalue weighted by atomic mass is 10.0. The molecule has 1 aliphatic rings. The molecule has 8 nitrogen and oxygen atoms in total. The first-order valence-electron chi connectivity index (χ1n) is 12.7. The summed E-state index contributed by atoms with van der Waals surface area (Å²) < 4.78 is 15.5.